The first-order valence-electron chi connectivity index (χ1n) is 5.63. The van der Waals surface area contributed by atoms with Crippen LogP contribution in [0.1, 0.15) is 24.8 Å². The second-order valence-electron chi connectivity index (χ2n) is 4.14. The van der Waals surface area contributed by atoms with Gasteiger partial charge in [-0.25, -0.2) is 18.4 Å². The van der Waals surface area contributed by atoms with Gasteiger partial charge in [-0.3, -0.25) is 4.79 Å². The van der Waals surface area contributed by atoms with E-state index in [2.05, 4.69) is 14.7 Å². The van der Waals surface area contributed by atoms with Crippen LogP contribution in [0.15, 0.2) is 11.2 Å². The summed E-state index contributed by atoms with van der Waals surface area (Å²) >= 11 is 7.04. The van der Waals surface area contributed by atoms with Gasteiger partial charge in [0.05, 0.1) is 18.1 Å². The Kier molecular flexibility index (Phi) is 5.79. The summed E-state index contributed by atoms with van der Waals surface area (Å²) in [5, 5.41) is -1.88. The summed E-state index contributed by atoms with van der Waals surface area (Å²) in [5.74, 6) is -0.888. The van der Waals surface area contributed by atoms with Crippen LogP contribution in [0.5, 0.6) is 0 Å². The van der Waals surface area contributed by atoms with Crippen LogP contribution in [0.3, 0.4) is 0 Å². The third-order valence-corrected chi connectivity index (χ3v) is 5.69. The molecule has 0 aliphatic rings. The second-order valence-corrected chi connectivity index (χ2v) is 7.90. The Morgan fingerprint density at radius 3 is 2.45 bits per heavy atom. The maximum absolute atomic E-state index is 12.3. The van der Waals surface area contributed by atoms with Crippen molar-refractivity contribution in [2.45, 2.75) is 29.5 Å². The largest absolute Gasteiger partial charge is 0.468 e. The van der Waals surface area contributed by atoms with E-state index >= 15 is 0 Å². The van der Waals surface area contributed by atoms with Gasteiger partial charge >= 0.3 is 5.97 Å². The minimum Gasteiger partial charge on any atom is -0.468 e. The monoisotopic (exact) mass is 338 g/mol. The lowest BCUT2D eigenvalue weighted by atomic mass is 10.3. The summed E-state index contributed by atoms with van der Waals surface area (Å²) in [5.41, 5.74) is 0.0231. The maximum Gasteiger partial charge on any atom is 0.330 e. The molecule has 1 rings (SSSR count). The van der Waals surface area contributed by atoms with E-state index in [0.717, 1.165) is 7.11 Å². The molecule has 1 aromatic heterocycles. The molecule has 0 radical (unpaired) electrons. The highest BCUT2D eigenvalue weighted by Gasteiger charge is 2.39. The number of rotatable bonds is 5. The zero-order valence-electron chi connectivity index (χ0n) is 11.5. The van der Waals surface area contributed by atoms with Crippen LogP contribution in [-0.4, -0.2) is 43.0 Å². The summed E-state index contributed by atoms with van der Waals surface area (Å²) in [7, 11) is -2.65. The van der Waals surface area contributed by atoms with Crippen molar-refractivity contribution in [1.29, 1.82) is 0 Å². The van der Waals surface area contributed by atoms with Gasteiger partial charge in [-0.15, -0.1) is 0 Å². The topological polar surface area (TPSA) is 86.2 Å². The molecule has 0 aromatic carbocycles. The van der Waals surface area contributed by atoms with Crippen molar-refractivity contribution in [3.63, 3.8) is 0 Å². The van der Waals surface area contributed by atoms with Gasteiger partial charge < -0.3 is 4.74 Å². The molecule has 9 heteroatoms. The number of carbonyl (C=O) groups excluding carboxylic acids is 1. The molecule has 1 aromatic rings. The first-order chi connectivity index (χ1) is 9.23. The Morgan fingerprint density at radius 1 is 1.40 bits per heavy atom. The summed E-state index contributed by atoms with van der Waals surface area (Å²) in [4.78, 5) is 19.8. The minimum absolute atomic E-state index is 0.0231. The molecule has 6 nitrogen and oxygen atoms in total. The normalized spacial score (nSPS) is 13.3. The number of methoxy groups -OCH3 is 1. The zero-order valence-corrected chi connectivity index (χ0v) is 13.8. The van der Waals surface area contributed by atoms with Crippen LogP contribution >= 0.6 is 23.4 Å². The van der Waals surface area contributed by atoms with Crippen LogP contribution in [0.2, 0.25) is 5.15 Å². The molecule has 0 spiro atoms. The SMILES string of the molecule is COC(=O)C(c1cc(Cl)nc(SC)n1)S(=O)(=O)C(C)C. The Hall–Kier alpha value is -0.860. The van der Waals surface area contributed by atoms with Gasteiger partial charge in [0.25, 0.3) is 0 Å². The molecule has 0 fully saturated rings. The average molecular weight is 339 g/mol. The lowest BCUT2D eigenvalue weighted by Gasteiger charge is -2.17. The molecule has 1 heterocycles. The van der Waals surface area contributed by atoms with Crippen LogP contribution < -0.4 is 0 Å². The van der Waals surface area contributed by atoms with Crippen molar-refractivity contribution in [2.75, 3.05) is 13.4 Å². The third kappa shape index (κ3) is 3.62. The Balaban J connectivity index is 3.47. The third-order valence-electron chi connectivity index (χ3n) is 2.55. The molecule has 0 saturated heterocycles. The highest BCUT2D eigenvalue weighted by atomic mass is 35.5. The van der Waals surface area contributed by atoms with Crippen molar-refractivity contribution in [1.82, 2.24) is 9.97 Å². The predicted octanol–water partition coefficient (Wildman–Crippen LogP) is 1.89. The molecule has 20 heavy (non-hydrogen) atoms. The van der Waals surface area contributed by atoms with E-state index in [-0.39, 0.29) is 10.8 Å². The Bertz CT molecular complexity index is 604. The summed E-state index contributed by atoms with van der Waals surface area (Å²) in [6, 6.07) is 1.27. The number of sulfone groups is 1. The summed E-state index contributed by atoms with van der Waals surface area (Å²) in [6.07, 6.45) is 1.72. The number of aromatic nitrogens is 2. The van der Waals surface area contributed by atoms with Gasteiger partial charge in [0, 0.05) is 0 Å². The second kappa shape index (κ2) is 6.73. The average Bonchev–Trinajstić information content (AvgIpc) is 2.37. The summed E-state index contributed by atoms with van der Waals surface area (Å²) in [6.45, 7) is 2.98. The molecule has 1 atom stereocenters. The number of halogens is 1. The van der Waals surface area contributed by atoms with Crippen molar-refractivity contribution >= 4 is 39.2 Å². The van der Waals surface area contributed by atoms with E-state index in [1.807, 2.05) is 0 Å². The first kappa shape index (κ1) is 17.2. The molecular formula is C11H15ClN2O4S2. The van der Waals surface area contributed by atoms with E-state index in [9.17, 15) is 13.2 Å². The van der Waals surface area contributed by atoms with Crippen LogP contribution in [0.25, 0.3) is 0 Å². The first-order valence-corrected chi connectivity index (χ1v) is 8.84. The van der Waals surface area contributed by atoms with Gasteiger partial charge in [0.15, 0.2) is 15.0 Å². The fourth-order valence-electron chi connectivity index (χ4n) is 1.44. The van der Waals surface area contributed by atoms with Gasteiger partial charge in [-0.05, 0) is 26.2 Å². The summed E-state index contributed by atoms with van der Waals surface area (Å²) < 4.78 is 29.3. The van der Waals surface area contributed by atoms with Crippen molar-refractivity contribution in [3.05, 3.63) is 16.9 Å². The number of hydrogen-bond acceptors (Lipinski definition) is 7. The molecule has 0 bridgehead atoms. The van der Waals surface area contributed by atoms with Gasteiger partial charge in [-0.2, -0.15) is 0 Å². The van der Waals surface area contributed by atoms with E-state index in [1.54, 1.807) is 6.26 Å². The highest BCUT2D eigenvalue weighted by molar-refractivity contribution is 7.98. The maximum atomic E-state index is 12.3. The van der Waals surface area contributed by atoms with E-state index in [1.165, 1.54) is 31.7 Å². The number of carbonyl (C=O) groups is 1. The fourth-order valence-corrected chi connectivity index (χ4v) is 3.44. The highest BCUT2D eigenvalue weighted by Crippen LogP contribution is 2.28. The van der Waals surface area contributed by atoms with E-state index in [0.29, 0.717) is 5.16 Å². The molecule has 0 saturated carbocycles. The van der Waals surface area contributed by atoms with Crippen LogP contribution in [0, 0.1) is 0 Å². The van der Waals surface area contributed by atoms with Gasteiger partial charge in [-0.1, -0.05) is 23.4 Å². The molecular weight excluding hydrogens is 324 g/mol. The number of nitrogens with zero attached hydrogens (tertiary/aromatic N) is 2. The fraction of sp³-hybridized carbons (Fsp3) is 0.545. The smallest absolute Gasteiger partial charge is 0.330 e. The molecule has 0 aliphatic heterocycles. The molecule has 0 amide bonds. The van der Waals surface area contributed by atoms with Crippen molar-refractivity contribution in [2.24, 2.45) is 0 Å². The predicted molar refractivity (Wildman–Crippen MR) is 77.6 cm³/mol. The lowest BCUT2D eigenvalue weighted by Crippen LogP contribution is -2.30. The standard InChI is InChI=1S/C11H15ClN2O4S2/c1-6(2)20(16,17)9(10(15)18-3)7-5-8(12)14-11(13-7)19-4/h5-6,9H,1-4H3. The van der Waals surface area contributed by atoms with Crippen LogP contribution in [0.4, 0.5) is 0 Å². The van der Waals surface area contributed by atoms with Gasteiger partial charge in [0.2, 0.25) is 5.25 Å². The zero-order chi connectivity index (χ0) is 15.5. The van der Waals surface area contributed by atoms with E-state index < -0.39 is 26.3 Å². The van der Waals surface area contributed by atoms with Crippen molar-refractivity contribution < 1.29 is 17.9 Å². The Morgan fingerprint density at radius 2 is 2.00 bits per heavy atom. The lowest BCUT2D eigenvalue weighted by molar-refractivity contribution is -0.140. The molecule has 112 valence electrons. The Labute approximate surface area is 127 Å². The van der Waals surface area contributed by atoms with Gasteiger partial charge in [0.1, 0.15) is 5.15 Å². The quantitative estimate of drug-likeness (QED) is 0.350. The molecule has 0 aliphatic carbocycles. The van der Waals surface area contributed by atoms with Crippen molar-refractivity contribution in [3.8, 4) is 0 Å². The number of thioether (sulfide) groups is 1. The number of hydrogen-bond donors (Lipinski definition) is 0. The van der Waals surface area contributed by atoms with Crippen LogP contribution in [-0.2, 0) is 19.4 Å². The molecule has 0 N–H and O–H groups in total. The minimum atomic E-state index is -3.78. The molecule has 1 unspecified atom stereocenters. The number of esters is 1. The van der Waals surface area contributed by atoms with E-state index in [4.69, 9.17) is 11.6 Å². The number of ether oxygens (including phenoxy) is 1.